The third-order valence-electron chi connectivity index (χ3n) is 1.54. The smallest absolute Gasteiger partial charge is 0.139 e. The van der Waals surface area contributed by atoms with Gasteiger partial charge in [0.1, 0.15) is 5.50 Å². The lowest BCUT2D eigenvalue weighted by Gasteiger charge is -2.27. The lowest BCUT2D eigenvalue weighted by molar-refractivity contribution is 0.395. The van der Waals surface area contributed by atoms with Crippen LogP contribution in [0, 0.1) is 5.41 Å². The summed E-state index contributed by atoms with van der Waals surface area (Å²) in [7, 11) is 0. The molecule has 0 amide bonds. The fraction of sp³-hybridized carbons (Fsp3) is 0.714. The molecule has 1 aliphatic rings. The fourth-order valence-corrected chi connectivity index (χ4v) is 2.89. The number of rotatable bonds is 0. The fourth-order valence-electron chi connectivity index (χ4n) is 0.872. The molecule has 1 unspecified atom stereocenters. The van der Waals surface area contributed by atoms with Gasteiger partial charge in [0.25, 0.3) is 0 Å². The second kappa shape index (κ2) is 2.99. The van der Waals surface area contributed by atoms with Gasteiger partial charge in [0.2, 0.25) is 0 Å². The van der Waals surface area contributed by atoms with Gasteiger partial charge in [-0.1, -0.05) is 32.5 Å². The molecule has 64 valence electrons. The van der Waals surface area contributed by atoms with E-state index in [4.69, 9.17) is 5.73 Å². The zero-order chi connectivity index (χ0) is 8.65. The average molecular weight is 237 g/mol. The molecule has 4 heteroatoms. The summed E-state index contributed by atoms with van der Waals surface area (Å²) in [6.45, 7) is 6.52. The molecule has 11 heavy (non-hydrogen) atoms. The van der Waals surface area contributed by atoms with Crippen LogP contribution in [0.1, 0.15) is 20.8 Å². The largest absolute Gasteiger partial charge is 0.302 e. The summed E-state index contributed by atoms with van der Waals surface area (Å²) in [4.78, 5) is 0. The van der Waals surface area contributed by atoms with Gasteiger partial charge in [-0.05, 0) is 5.41 Å². The molecule has 2 nitrogen and oxygen atoms in total. The van der Waals surface area contributed by atoms with E-state index in [2.05, 4.69) is 42.3 Å². The van der Waals surface area contributed by atoms with Crippen LogP contribution in [0.3, 0.4) is 0 Å². The van der Waals surface area contributed by atoms with E-state index in [0.717, 1.165) is 0 Å². The van der Waals surface area contributed by atoms with Gasteiger partial charge in [-0.2, -0.15) is 0 Å². The van der Waals surface area contributed by atoms with Crippen molar-refractivity contribution in [1.82, 2.24) is 3.93 Å². The van der Waals surface area contributed by atoms with Crippen LogP contribution in [0.2, 0.25) is 0 Å². The Hall–Kier alpha value is 0.330. The van der Waals surface area contributed by atoms with Gasteiger partial charge in [0.05, 0.1) is 16.1 Å². The Morgan fingerprint density at radius 3 is 2.36 bits per heavy atom. The number of hydrogen-bond acceptors (Lipinski definition) is 3. The van der Waals surface area contributed by atoms with Gasteiger partial charge < -0.3 is 5.73 Å². The first-order valence-electron chi connectivity index (χ1n) is 3.49. The molecule has 0 aromatic carbocycles. The van der Waals surface area contributed by atoms with Crippen molar-refractivity contribution in [3.05, 3.63) is 11.1 Å². The molecule has 0 saturated carbocycles. The summed E-state index contributed by atoms with van der Waals surface area (Å²) >= 11 is 5.06. The summed E-state index contributed by atoms with van der Waals surface area (Å²) in [5.74, 6) is 0. The summed E-state index contributed by atoms with van der Waals surface area (Å²) in [5, 5.41) is 2.11. The number of hydrogen-bond donors (Lipinski definition) is 1. The Bertz CT molecular complexity index is 185. The Kier molecular flexibility index (Phi) is 2.56. The van der Waals surface area contributed by atoms with Crippen molar-refractivity contribution in [3.63, 3.8) is 0 Å². The van der Waals surface area contributed by atoms with Crippen LogP contribution in [0.5, 0.6) is 0 Å². The molecule has 1 aliphatic heterocycles. The molecule has 1 rings (SSSR count). The highest BCUT2D eigenvalue weighted by Gasteiger charge is 2.29. The van der Waals surface area contributed by atoms with Crippen LogP contribution in [-0.4, -0.2) is 9.42 Å². The highest BCUT2D eigenvalue weighted by molar-refractivity contribution is 9.07. The predicted molar refractivity (Wildman–Crippen MR) is 53.9 cm³/mol. The molecule has 0 spiro atoms. The van der Waals surface area contributed by atoms with Gasteiger partial charge in [0.15, 0.2) is 0 Å². The maximum absolute atomic E-state index is 5.76. The number of allylic oxidation sites excluding steroid dienone is 1. The lowest BCUT2D eigenvalue weighted by atomic mass is 9.93. The maximum atomic E-state index is 5.76. The third-order valence-corrected chi connectivity index (χ3v) is 3.48. The predicted octanol–water partition coefficient (Wildman–Crippen LogP) is 2.47. The van der Waals surface area contributed by atoms with Crippen LogP contribution in [0.25, 0.3) is 0 Å². The van der Waals surface area contributed by atoms with E-state index in [9.17, 15) is 0 Å². The molecule has 0 aromatic heterocycles. The van der Waals surface area contributed by atoms with Crippen LogP contribution in [0.4, 0.5) is 0 Å². The zero-order valence-electron chi connectivity index (χ0n) is 6.97. The van der Waals surface area contributed by atoms with Crippen LogP contribution in [0.15, 0.2) is 11.1 Å². The summed E-state index contributed by atoms with van der Waals surface area (Å²) < 4.78 is 1.94. The van der Waals surface area contributed by atoms with E-state index in [1.165, 1.54) is 5.70 Å². The minimum absolute atomic E-state index is 0.0317. The molecular formula is C7H13BrN2S. The Labute approximate surface area is 80.5 Å². The molecule has 1 heterocycles. The molecule has 0 aliphatic carbocycles. The third kappa shape index (κ3) is 1.92. The number of nitrogens with two attached hydrogens (primary N) is 1. The number of nitrogens with zero attached hydrogens (tertiary/aromatic N) is 1. The molecule has 0 bridgehead atoms. The van der Waals surface area contributed by atoms with E-state index in [0.29, 0.717) is 0 Å². The van der Waals surface area contributed by atoms with Crippen molar-refractivity contribution < 1.29 is 0 Å². The van der Waals surface area contributed by atoms with Crippen molar-refractivity contribution in [2.75, 3.05) is 0 Å². The second-order valence-corrected chi connectivity index (χ2v) is 5.35. The first kappa shape index (κ1) is 9.42. The highest BCUT2D eigenvalue weighted by Crippen LogP contribution is 2.40. The van der Waals surface area contributed by atoms with Crippen LogP contribution >= 0.6 is 27.9 Å². The van der Waals surface area contributed by atoms with Crippen LogP contribution in [-0.2, 0) is 0 Å². The van der Waals surface area contributed by atoms with Crippen molar-refractivity contribution in [2.24, 2.45) is 11.1 Å². The van der Waals surface area contributed by atoms with Gasteiger partial charge in [-0.3, -0.25) is 3.93 Å². The molecule has 0 saturated heterocycles. The minimum Gasteiger partial charge on any atom is -0.302 e. The quantitative estimate of drug-likeness (QED) is 0.656. The summed E-state index contributed by atoms with van der Waals surface area (Å²) in [6.07, 6.45) is 0. The van der Waals surface area contributed by atoms with Crippen molar-refractivity contribution >= 4 is 27.9 Å². The Morgan fingerprint density at radius 1 is 1.64 bits per heavy atom. The summed E-state index contributed by atoms with van der Waals surface area (Å²) in [6, 6.07) is 0. The Balaban J connectivity index is 2.76. The van der Waals surface area contributed by atoms with Crippen molar-refractivity contribution in [3.8, 4) is 0 Å². The summed E-state index contributed by atoms with van der Waals surface area (Å²) in [5.41, 5.74) is 7.20. The molecule has 2 N–H and O–H groups in total. The zero-order valence-corrected chi connectivity index (χ0v) is 9.37. The van der Waals surface area contributed by atoms with E-state index in [-0.39, 0.29) is 10.9 Å². The monoisotopic (exact) mass is 236 g/mol. The SMILES string of the molecule is CC(C)(C)C1=CSC(N)N1Br. The average Bonchev–Trinajstić information content (AvgIpc) is 2.11. The maximum Gasteiger partial charge on any atom is 0.139 e. The van der Waals surface area contributed by atoms with Crippen LogP contribution < -0.4 is 5.73 Å². The minimum atomic E-state index is 0.0317. The standard InChI is InChI=1S/C7H13BrN2S/c1-7(2,3)5-4-11-6(9)10(5)8/h4,6H,9H2,1-3H3. The van der Waals surface area contributed by atoms with E-state index < -0.39 is 0 Å². The molecule has 0 radical (unpaired) electrons. The van der Waals surface area contributed by atoms with E-state index in [1.54, 1.807) is 11.8 Å². The Morgan fingerprint density at radius 2 is 2.18 bits per heavy atom. The second-order valence-electron chi connectivity index (χ2n) is 3.59. The number of halogens is 1. The molecule has 0 aromatic rings. The van der Waals surface area contributed by atoms with Gasteiger partial charge in [0, 0.05) is 11.1 Å². The number of thioether (sulfide) groups is 1. The van der Waals surface area contributed by atoms with Gasteiger partial charge in [-0.25, -0.2) is 0 Å². The first-order chi connectivity index (χ1) is 4.93. The van der Waals surface area contributed by atoms with Crippen molar-refractivity contribution in [1.29, 1.82) is 0 Å². The van der Waals surface area contributed by atoms with E-state index in [1.807, 2.05) is 3.93 Å². The molecule has 0 fully saturated rings. The van der Waals surface area contributed by atoms with Gasteiger partial charge in [-0.15, -0.1) is 0 Å². The van der Waals surface area contributed by atoms with Crippen molar-refractivity contribution in [2.45, 2.75) is 26.3 Å². The first-order valence-corrected chi connectivity index (χ1v) is 5.15. The van der Waals surface area contributed by atoms with E-state index >= 15 is 0 Å². The lowest BCUT2D eigenvalue weighted by Crippen LogP contribution is -2.31. The molecule has 1 atom stereocenters. The molecular weight excluding hydrogens is 224 g/mol. The van der Waals surface area contributed by atoms with Gasteiger partial charge >= 0.3 is 0 Å². The topological polar surface area (TPSA) is 29.3 Å². The normalized spacial score (nSPS) is 25.7. The highest BCUT2D eigenvalue weighted by atomic mass is 79.9.